The molecule has 27 heavy (non-hydrogen) atoms. The van der Waals surface area contributed by atoms with Crippen LogP contribution >= 0.6 is 23.4 Å². The fourth-order valence-corrected chi connectivity index (χ4v) is 3.58. The van der Waals surface area contributed by atoms with Crippen molar-refractivity contribution in [2.24, 2.45) is 0 Å². The number of hydrogen-bond donors (Lipinski definition) is 1. The number of amides is 1. The molecule has 0 spiro atoms. The molecule has 1 amide bonds. The lowest BCUT2D eigenvalue weighted by molar-refractivity contribution is -0.118. The summed E-state index contributed by atoms with van der Waals surface area (Å²) in [5.41, 5.74) is 1.71. The zero-order chi connectivity index (χ0) is 19.2. The first-order valence-corrected chi connectivity index (χ1v) is 9.74. The highest BCUT2D eigenvalue weighted by Gasteiger charge is 2.18. The van der Waals surface area contributed by atoms with Gasteiger partial charge in [0, 0.05) is 12.1 Å². The van der Waals surface area contributed by atoms with Gasteiger partial charge in [0.2, 0.25) is 5.91 Å². The van der Waals surface area contributed by atoms with Crippen LogP contribution < -0.4 is 10.1 Å². The van der Waals surface area contributed by atoms with Crippen molar-refractivity contribution in [2.75, 3.05) is 19.4 Å². The monoisotopic (exact) mass is 402 g/mol. The van der Waals surface area contributed by atoms with Crippen molar-refractivity contribution in [1.29, 1.82) is 0 Å². The summed E-state index contributed by atoms with van der Waals surface area (Å²) in [6, 6.07) is 15.2. The van der Waals surface area contributed by atoms with Gasteiger partial charge in [-0.3, -0.25) is 9.36 Å². The summed E-state index contributed by atoms with van der Waals surface area (Å²) in [6.07, 6.45) is 0. The fraction of sp³-hybridized carbons (Fsp3) is 0.211. The maximum Gasteiger partial charge on any atom is 0.230 e. The molecule has 0 unspecified atom stereocenters. The van der Waals surface area contributed by atoms with E-state index in [0.717, 1.165) is 11.3 Å². The molecular weight excluding hydrogens is 384 g/mol. The highest BCUT2D eigenvalue weighted by Crippen LogP contribution is 2.32. The molecule has 1 aromatic heterocycles. The number of methoxy groups -OCH3 is 1. The van der Waals surface area contributed by atoms with E-state index in [0.29, 0.717) is 28.3 Å². The number of nitrogens with zero attached hydrogens (tertiary/aromatic N) is 3. The average molecular weight is 403 g/mol. The molecule has 1 N–H and O–H groups in total. The van der Waals surface area contributed by atoms with Crippen LogP contribution in [-0.2, 0) is 4.79 Å². The minimum Gasteiger partial charge on any atom is -0.495 e. The van der Waals surface area contributed by atoms with Crippen molar-refractivity contribution in [3.05, 3.63) is 53.6 Å². The molecule has 2 aromatic carbocycles. The van der Waals surface area contributed by atoms with Crippen molar-refractivity contribution in [2.45, 2.75) is 12.1 Å². The fourth-order valence-electron chi connectivity index (χ4n) is 2.54. The predicted molar refractivity (Wildman–Crippen MR) is 108 cm³/mol. The van der Waals surface area contributed by atoms with Crippen LogP contribution in [0.25, 0.3) is 17.1 Å². The number of benzene rings is 2. The molecule has 0 bridgehead atoms. The summed E-state index contributed by atoms with van der Waals surface area (Å²) in [7, 11) is 1.57. The van der Waals surface area contributed by atoms with Gasteiger partial charge in [-0.15, -0.1) is 10.2 Å². The summed E-state index contributed by atoms with van der Waals surface area (Å²) in [6.45, 7) is 2.48. The van der Waals surface area contributed by atoms with Crippen LogP contribution in [0.3, 0.4) is 0 Å². The van der Waals surface area contributed by atoms with Gasteiger partial charge in [0.25, 0.3) is 0 Å². The van der Waals surface area contributed by atoms with Gasteiger partial charge in [-0.2, -0.15) is 0 Å². The third-order valence-electron chi connectivity index (χ3n) is 3.77. The predicted octanol–water partition coefficient (Wildman–Crippen LogP) is 3.82. The first kappa shape index (κ1) is 19.3. The molecular formula is C19H19ClN4O2S. The molecule has 0 aliphatic heterocycles. The van der Waals surface area contributed by atoms with Gasteiger partial charge < -0.3 is 10.1 Å². The van der Waals surface area contributed by atoms with Crippen LogP contribution in [-0.4, -0.2) is 40.1 Å². The largest absolute Gasteiger partial charge is 0.495 e. The number of carbonyl (C=O) groups excluding carboxylic acids is 1. The Kier molecular flexibility index (Phi) is 6.36. The van der Waals surface area contributed by atoms with E-state index in [-0.39, 0.29) is 11.7 Å². The van der Waals surface area contributed by atoms with Crippen molar-refractivity contribution in [1.82, 2.24) is 20.1 Å². The van der Waals surface area contributed by atoms with E-state index in [4.69, 9.17) is 16.3 Å². The van der Waals surface area contributed by atoms with Crippen molar-refractivity contribution in [3.8, 4) is 22.8 Å². The van der Waals surface area contributed by atoms with Gasteiger partial charge in [-0.05, 0) is 25.1 Å². The quantitative estimate of drug-likeness (QED) is 0.608. The average Bonchev–Trinajstić information content (AvgIpc) is 3.11. The van der Waals surface area contributed by atoms with Gasteiger partial charge in [0.1, 0.15) is 5.75 Å². The third-order valence-corrected chi connectivity index (χ3v) is 4.99. The summed E-state index contributed by atoms with van der Waals surface area (Å²) < 4.78 is 7.13. The van der Waals surface area contributed by atoms with Crippen LogP contribution in [0.4, 0.5) is 0 Å². The molecule has 0 radical (unpaired) electrons. The highest BCUT2D eigenvalue weighted by molar-refractivity contribution is 7.99. The zero-order valence-electron chi connectivity index (χ0n) is 15.0. The molecule has 8 heteroatoms. The minimum absolute atomic E-state index is 0.0499. The summed E-state index contributed by atoms with van der Waals surface area (Å²) in [5, 5.41) is 12.5. The van der Waals surface area contributed by atoms with E-state index in [1.807, 2.05) is 47.9 Å². The van der Waals surface area contributed by atoms with Gasteiger partial charge >= 0.3 is 0 Å². The van der Waals surface area contributed by atoms with Crippen molar-refractivity contribution in [3.63, 3.8) is 0 Å². The Morgan fingerprint density at radius 2 is 2.00 bits per heavy atom. The molecule has 0 atom stereocenters. The number of thioether (sulfide) groups is 1. The SMILES string of the molecule is CCNC(=O)CSc1nnc(-c2ccccc2)n1-c1ccc(OC)c(Cl)c1. The molecule has 0 fully saturated rings. The minimum atomic E-state index is -0.0499. The lowest BCUT2D eigenvalue weighted by Gasteiger charge is -2.12. The Balaban J connectivity index is 2.03. The van der Waals surface area contributed by atoms with Crippen LogP contribution in [0.15, 0.2) is 53.7 Å². The molecule has 6 nitrogen and oxygen atoms in total. The first-order valence-electron chi connectivity index (χ1n) is 8.38. The maximum atomic E-state index is 11.9. The van der Waals surface area contributed by atoms with Gasteiger partial charge in [-0.1, -0.05) is 53.7 Å². The number of nitrogens with one attached hydrogen (secondary N) is 1. The second-order valence-electron chi connectivity index (χ2n) is 5.57. The smallest absolute Gasteiger partial charge is 0.230 e. The van der Waals surface area contributed by atoms with Crippen LogP contribution in [0.2, 0.25) is 5.02 Å². The number of carbonyl (C=O) groups is 1. The number of hydrogen-bond acceptors (Lipinski definition) is 5. The molecule has 0 saturated heterocycles. The maximum absolute atomic E-state index is 11.9. The zero-order valence-corrected chi connectivity index (χ0v) is 16.5. The number of ether oxygens (including phenoxy) is 1. The number of aromatic nitrogens is 3. The number of halogens is 1. The summed E-state index contributed by atoms with van der Waals surface area (Å²) in [5.74, 6) is 1.47. The van der Waals surface area contributed by atoms with E-state index < -0.39 is 0 Å². The van der Waals surface area contributed by atoms with E-state index in [1.165, 1.54) is 11.8 Å². The lowest BCUT2D eigenvalue weighted by atomic mass is 10.2. The van der Waals surface area contributed by atoms with E-state index in [1.54, 1.807) is 19.2 Å². The lowest BCUT2D eigenvalue weighted by Crippen LogP contribution is -2.24. The highest BCUT2D eigenvalue weighted by atomic mass is 35.5. The third kappa shape index (κ3) is 4.43. The Morgan fingerprint density at radius 1 is 1.22 bits per heavy atom. The van der Waals surface area contributed by atoms with E-state index in [9.17, 15) is 4.79 Å². The Hall–Kier alpha value is -2.51. The van der Waals surface area contributed by atoms with Crippen LogP contribution in [0.1, 0.15) is 6.92 Å². The molecule has 3 aromatic rings. The molecule has 0 aliphatic carbocycles. The van der Waals surface area contributed by atoms with Crippen molar-refractivity contribution < 1.29 is 9.53 Å². The molecule has 3 rings (SSSR count). The molecule has 0 saturated carbocycles. The van der Waals surface area contributed by atoms with Gasteiger partial charge in [0.15, 0.2) is 11.0 Å². The molecule has 140 valence electrons. The van der Waals surface area contributed by atoms with E-state index >= 15 is 0 Å². The Morgan fingerprint density at radius 3 is 2.67 bits per heavy atom. The normalized spacial score (nSPS) is 10.6. The van der Waals surface area contributed by atoms with Gasteiger partial charge in [0.05, 0.1) is 23.6 Å². The van der Waals surface area contributed by atoms with E-state index in [2.05, 4.69) is 15.5 Å². The second-order valence-corrected chi connectivity index (χ2v) is 6.92. The van der Waals surface area contributed by atoms with Crippen molar-refractivity contribution >= 4 is 29.3 Å². The summed E-state index contributed by atoms with van der Waals surface area (Å²) >= 11 is 7.64. The topological polar surface area (TPSA) is 69.0 Å². The van der Waals surface area contributed by atoms with Crippen LogP contribution in [0.5, 0.6) is 5.75 Å². The standard InChI is InChI=1S/C19H19ClN4O2S/c1-3-21-17(25)12-27-19-23-22-18(13-7-5-4-6-8-13)24(19)14-9-10-16(26-2)15(20)11-14/h4-11H,3,12H2,1-2H3,(H,21,25). The Bertz CT molecular complexity index is 931. The van der Waals surface area contributed by atoms with Gasteiger partial charge in [-0.25, -0.2) is 0 Å². The first-order chi connectivity index (χ1) is 13.1. The molecule has 0 aliphatic rings. The summed E-state index contributed by atoms with van der Waals surface area (Å²) in [4.78, 5) is 11.9. The van der Waals surface area contributed by atoms with Crippen LogP contribution in [0, 0.1) is 0 Å². The Labute approximate surface area is 166 Å². The molecule has 1 heterocycles. The second kappa shape index (κ2) is 8.92. The number of rotatable bonds is 7.